The molecule has 0 atom stereocenters. The van der Waals surface area contributed by atoms with Crippen LogP contribution in [0.2, 0.25) is 0 Å². The van der Waals surface area contributed by atoms with E-state index in [9.17, 15) is 28.5 Å². The number of alkyl halides is 2. The summed E-state index contributed by atoms with van der Waals surface area (Å²) in [5.74, 6) is -2.40. The highest BCUT2D eigenvalue weighted by Gasteiger charge is 2.26. The number of nitro benzene ring substituents is 1. The van der Waals surface area contributed by atoms with Gasteiger partial charge in [0.15, 0.2) is 11.5 Å². The van der Waals surface area contributed by atoms with E-state index in [4.69, 9.17) is 4.74 Å². The average molecular weight is 423 g/mol. The van der Waals surface area contributed by atoms with Crippen LogP contribution in [-0.4, -0.2) is 37.0 Å². The van der Waals surface area contributed by atoms with E-state index in [1.54, 1.807) is 12.1 Å². The molecule has 0 aliphatic carbocycles. The van der Waals surface area contributed by atoms with E-state index in [-0.39, 0.29) is 5.75 Å². The number of methoxy groups -OCH3 is 1. The van der Waals surface area contributed by atoms with Gasteiger partial charge >= 0.3 is 6.61 Å². The van der Waals surface area contributed by atoms with E-state index in [0.29, 0.717) is 11.8 Å². The Hall–Kier alpha value is -3.76. The van der Waals surface area contributed by atoms with E-state index in [0.717, 1.165) is 24.3 Å². The molecule has 0 fully saturated rings. The molecule has 30 heavy (non-hydrogen) atoms. The Balaban J connectivity index is 2.18. The Bertz CT molecular complexity index is 981. The summed E-state index contributed by atoms with van der Waals surface area (Å²) in [5.41, 5.74) is 1.13. The van der Waals surface area contributed by atoms with Crippen molar-refractivity contribution in [2.24, 2.45) is 0 Å². The fourth-order valence-corrected chi connectivity index (χ4v) is 2.57. The first-order chi connectivity index (χ1) is 14.1. The minimum absolute atomic E-state index is 0.300. The first-order valence-electron chi connectivity index (χ1n) is 8.59. The lowest BCUT2D eigenvalue weighted by molar-refractivity contribution is -0.385. The van der Waals surface area contributed by atoms with E-state index in [2.05, 4.69) is 15.4 Å². The number of nitrogens with zero attached hydrogens (tertiary/aromatic N) is 1. The number of anilines is 1. The second kappa shape index (κ2) is 9.63. The number of rotatable bonds is 8. The Morgan fingerprint density at radius 1 is 1.20 bits per heavy atom. The number of nitro groups is 1. The number of hydrogen-bond acceptors (Lipinski definition) is 6. The molecule has 160 valence electrons. The van der Waals surface area contributed by atoms with E-state index in [1.165, 1.54) is 0 Å². The van der Waals surface area contributed by atoms with Crippen LogP contribution in [-0.2, 0) is 4.79 Å². The minimum atomic E-state index is -3.24. The van der Waals surface area contributed by atoms with Crippen LogP contribution in [0.15, 0.2) is 30.3 Å². The Morgan fingerprint density at radius 3 is 2.50 bits per heavy atom. The molecule has 0 radical (unpaired) electrons. The predicted octanol–water partition coefficient (Wildman–Crippen LogP) is 3.19. The molecule has 2 amide bonds. The molecule has 0 aliphatic heterocycles. The molecule has 2 N–H and O–H groups in total. The van der Waals surface area contributed by atoms with Gasteiger partial charge in [0.25, 0.3) is 11.6 Å². The van der Waals surface area contributed by atoms with Crippen molar-refractivity contribution in [3.63, 3.8) is 0 Å². The van der Waals surface area contributed by atoms with Crippen LogP contribution in [0.1, 0.15) is 21.5 Å². The number of aryl methyl sites for hydroxylation is 1. The highest BCUT2D eigenvalue weighted by molar-refractivity contribution is 6.02. The van der Waals surface area contributed by atoms with Crippen molar-refractivity contribution in [2.45, 2.75) is 20.5 Å². The maximum absolute atomic E-state index is 12.5. The lowest BCUT2D eigenvalue weighted by Gasteiger charge is -2.13. The van der Waals surface area contributed by atoms with Gasteiger partial charge in [-0.3, -0.25) is 19.7 Å². The van der Waals surface area contributed by atoms with Gasteiger partial charge in [-0.15, -0.1) is 0 Å². The van der Waals surface area contributed by atoms with Crippen LogP contribution in [0.3, 0.4) is 0 Å². The van der Waals surface area contributed by atoms with Gasteiger partial charge in [0.1, 0.15) is 5.56 Å². The van der Waals surface area contributed by atoms with Gasteiger partial charge in [-0.1, -0.05) is 12.1 Å². The first kappa shape index (κ1) is 22.5. The van der Waals surface area contributed by atoms with Crippen LogP contribution in [0.5, 0.6) is 11.5 Å². The summed E-state index contributed by atoms with van der Waals surface area (Å²) < 4.78 is 34.0. The molecule has 0 saturated carbocycles. The second-order valence-electron chi connectivity index (χ2n) is 6.13. The van der Waals surface area contributed by atoms with Gasteiger partial charge in [0, 0.05) is 11.8 Å². The van der Waals surface area contributed by atoms with Crippen LogP contribution in [0.25, 0.3) is 0 Å². The predicted molar refractivity (Wildman–Crippen MR) is 103 cm³/mol. The lowest BCUT2D eigenvalue weighted by atomic mass is 10.1. The molecular weight excluding hydrogens is 404 g/mol. The van der Waals surface area contributed by atoms with Crippen LogP contribution < -0.4 is 20.1 Å². The fraction of sp³-hybridized carbons (Fsp3) is 0.263. The van der Waals surface area contributed by atoms with Crippen molar-refractivity contribution in [1.29, 1.82) is 0 Å². The molecule has 11 heteroatoms. The third-order valence-electron chi connectivity index (χ3n) is 4.23. The zero-order valence-electron chi connectivity index (χ0n) is 16.3. The van der Waals surface area contributed by atoms with Crippen LogP contribution >= 0.6 is 0 Å². The molecule has 2 aromatic carbocycles. The van der Waals surface area contributed by atoms with E-state index >= 15 is 0 Å². The molecule has 0 heterocycles. The Labute approximate surface area is 170 Å². The summed E-state index contributed by atoms with van der Waals surface area (Å²) in [6.45, 7) is -0.0175. The fourth-order valence-electron chi connectivity index (χ4n) is 2.57. The molecule has 2 rings (SSSR count). The number of hydrogen-bond donors (Lipinski definition) is 2. The number of benzene rings is 2. The SMILES string of the molecule is COc1cc(C(=O)NCC(=O)Nc2cccc(C)c2C)c([N+](=O)[O-])cc1OC(F)F. The minimum Gasteiger partial charge on any atom is -0.493 e. The number of halogens is 2. The third-order valence-corrected chi connectivity index (χ3v) is 4.23. The highest BCUT2D eigenvalue weighted by atomic mass is 19.3. The maximum Gasteiger partial charge on any atom is 0.387 e. The van der Waals surface area contributed by atoms with Gasteiger partial charge in [0.2, 0.25) is 5.91 Å². The van der Waals surface area contributed by atoms with Crippen molar-refractivity contribution >= 4 is 23.2 Å². The van der Waals surface area contributed by atoms with Crippen LogP contribution in [0.4, 0.5) is 20.2 Å². The average Bonchev–Trinajstić information content (AvgIpc) is 2.68. The highest BCUT2D eigenvalue weighted by Crippen LogP contribution is 2.35. The summed E-state index contributed by atoms with van der Waals surface area (Å²) in [5, 5.41) is 16.2. The number of carbonyl (C=O) groups excluding carboxylic acids is 2. The first-order valence-corrected chi connectivity index (χ1v) is 8.59. The van der Waals surface area contributed by atoms with Crippen molar-refractivity contribution in [3.05, 3.63) is 57.1 Å². The number of carbonyl (C=O) groups is 2. The van der Waals surface area contributed by atoms with Gasteiger partial charge < -0.3 is 20.1 Å². The molecular formula is C19H19F2N3O6. The molecule has 2 aromatic rings. The normalized spacial score (nSPS) is 10.5. The largest absolute Gasteiger partial charge is 0.493 e. The van der Waals surface area contributed by atoms with Gasteiger partial charge in [-0.25, -0.2) is 0 Å². The Morgan fingerprint density at radius 2 is 1.90 bits per heavy atom. The zero-order valence-corrected chi connectivity index (χ0v) is 16.3. The zero-order chi connectivity index (χ0) is 22.4. The van der Waals surface area contributed by atoms with Crippen molar-refractivity contribution in [3.8, 4) is 11.5 Å². The van der Waals surface area contributed by atoms with Gasteiger partial charge in [-0.05, 0) is 31.0 Å². The van der Waals surface area contributed by atoms with Crippen molar-refractivity contribution in [1.82, 2.24) is 5.32 Å². The smallest absolute Gasteiger partial charge is 0.387 e. The molecule has 0 spiro atoms. The summed E-state index contributed by atoms with van der Waals surface area (Å²) in [4.78, 5) is 34.9. The lowest BCUT2D eigenvalue weighted by Crippen LogP contribution is -2.33. The Kier molecular flexibility index (Phi) is 7.23. The number of nitrogens with one attached hydrogen (secondary N) is 2. The summed E-state index contributed by atoms with van der Waals surface area (Å²) in [7, 11) is 1.12. The molecule has 0 aromatic heterocycles. The third kappa shape index (κ3) is 5.40. The van der Waals surface area contributed by atoms with Crippen LogP contribution in [0, 0.1) is 24.0 Å². The van der Waals surface area contributed by atoms with Crippen molar-refractivity contribution < 1.29 is 32.8 Å². The monoisotopic (exact) mass is 423 g/mol. The summed E-state index contributed by atoms with van der Waals surface area (Å²) in [6.07, 6.45) is 0. The van der Waals surface area contributed by atoms with Gasteiger partial charge in [0.05, 0.1) is 24.6 Å². The summed E-state index contributed by atoms with van der Waals surface area (Å²) >= 11 is 0. The van der Waals surface area contributed by atoms with Gasteiger partial charge in [-0.2, -0.15) is 8.78 Å². The molecule has 0 saturated heterocycles. The molecule has 0 aliphatic rings. The molecule has 0 unspecified atom stereocenters. The quantitative estimate of drug-likeness (QED) is 0.497. The van der Waals surface area contributed by atoms with E-state index < -0.39 is 46.9 Å². The topological polar surface area (TPSA) is 120 Å². The van der Waals surface area contributed by atoms with Crippen molar-refractivity contribution in [2.75, 3.05) is 19.0 Å². The molecule has 0 bridgehead atoms. The van der Waals surface area contributed by atoms with E-state index in [1.807, 2.05) is 19.9 Å². The number of ether oxygens (including phenoxy) is 2. The second-order valence-corrected chi connectivity index (χ2v) is 6.13. The maximum atomic E-state index is 12.5. The summed E-state index contributed by atoms with van der Waals surface area (Å²) in [6, 6.07) is 6.89. The molecule has 9 nitrogen and oxygen atoms in total. The number of amides is 2. The standard InChI is InChI=1S/C19H19F2N3O6/c1-10-5-4-6-13(11(10)2)23-17(25)9-22-18(26)12-7-15(29-3)16(30-19(20)21)8-14(12)24(27)28/h4-8,19H,9H2,1-3H3,(H,22,26)(H,23,25).